The Bertz CT molecular complexity index is 2620. The standard InChI is InChI=1S/C51H38O/c1-2-10-37-32(9-1)18-21-44-49(37)40-20-17-33(28-45(40)51(44)41-13-5-3-11-38(41)39-12-4-6-14-42(39)51)34-19-22-48-46(29-34)50(43-15-7-8-16-47(43)52-48)35-24-30-23-31(26-35)27-36(50)25-30/h1-22,28-31,35-36H,23-27H2. The molecule has 0 amide bonds. The molecule has 248 valence electrons. The van der Waals surface area contributed by atoms with Crippen molar-refractivity contribution in [2.24, 2.45) is 23.7 Å². The van der Waals surface area contributed by atoms with E-state index in [1.54, 1.807) is 0 Å². The van der Waals surface area contributed by atoms with Gasteiger partial charge in [0.05, 0.1) is 5.41 Å². The Morgan fingerprint density at radius 3 is 1.77 bits per heavy atom. The van der Waals surface area contributed by atoms with Crippen molar-refractivity contribution in [3.05, 3.63) is 179 Å². The summed E-state index contributed by atoms with van der Waals surface area (Å²) in [6.07, 6.45) is 6.89. The van der Waals surface area contributed by atoms with Gasteiger partial charge in [-0.1, -0.05) is 121 Å². The van der Waals surface area contributed by atoms with Crippen LogP contribution in [0.5, 0.6) is 11.5 Å². The summed E-state index contributed by atoms with van der Waals surface area (Å²) in [5.74, 6) is 5.32. The zero-order valence-corrected chi connectivity index (χ0v) is 29.1. The first-order valence-corrected chi connectivity index (χ1v) is 19.5. The second kappa shape index (κ2) is 9.72. The van der Waals surface area contributed by atoms with Crippen LogP contribution in [0.2, 0.25) is 0 Å². The van der Waals surface area contributed by atoms with Gasteiger partial charge in [0, 0.05) is 16.5 Å². The Morgan fingerprint density at radius 1 is 0.423 bits per heavy atom. The molecule has 6 aliphatic carbocycles. The lowest BCUT2D eigenvalue weighted by Gasteiger charge is -2.63. The Labute approximate surface area is 304 Å². The quantitative estimate of drug-likeness (QED) is 0.169. The highest BCUT2D eigenvalue weighted by atomic mass is 16.5. The molecule has 0 aromatic heterocycles. The summed E-state index contributed by atoms with van der Waals surface area (Å²) in [5, 5.41) is 2.63. The van der Waals surface area contributed by atoms with E-state index in [2.05, 4.69) is 146 Å². The molecule has 4 fully saturated rings. The van der Waals surface area contributed by atoms with Crippen LogP contribution in [0.25, 0.3) is 44.2 Å². The minimum Gasteiger partial charge on any atom is -0.457 e. The van der Waals surface area contributed by atoms with E-state index in [-0.39, 0.29) is 10.8 Å². The summed E-state index contributed by atoms with van der Waals surface area (Å²) in [6, 6.07) is 55.7. The highest BCUT2D eigenvalue weighted by molar-refractivity contribution is 6.06. The van der Waals surface area contributed by atoms with Gasteiger partial charge in [0.25, 0.3) is 0 Å². The topological polar surface area (TPSA) is 9.23 Å². The average Bonchev–Trinajstić information content (AvgIpc) is 3.66. The van der Waals surface area contributed by atoms with Gasteiger partial charge in [-0.05, 0) is 146 Å². The van der Waals surface area contributed by atoms with Crippen molar-refractivity contribution < 1.29 is 4.74 Å². The van der Waals surface area contributed by atoms with Crippen LogP contribution in [0.3, 0.4) is 0 Å². The van der Waals surface area contributed by atoms with Crippen molar-refractivity contribution in [3.8, 4) is 44.9 Å². The van der Waals surface area contributed by atoms with Crippen LogP contribution in [0, 0.1) is 23.7 Å². The Balaban J connectivity index is 1.07. The monoisotopic (exact) mass is 666 g/mol. The van der Waals surface area contributed by atoms with Crippen LogP contribution in [0.15, 0.2) is 146 Å². The van der Waals surface area contributed by atoms with Gasteiger partial charge >= 0.3 is 0 Å². The van der Waals surface area contributed by atoms with E-state index in [1.807, 2.05) is 0 Å². The van der Waals surface area contributed by atoms with E-state index in [1.165, 1.54) is 110 Å². The van der Waals surface area contributed by atoms with Gasteiger partial charge in [-0.2, -0.15) is 0 Å². The number of rotatable bonds is 1. The largest absolute Gasteiger partial charge is 0.457 e. The van der Waals surface area contributed by atoms with E-state index in [4.69, 9.17) is 4.74 Å². The number of para-hydroxylation sites is 1. The van der Waals surface area contributed by atoms with E-state index >= 15 is 0 Å². The molecule has 0 atom stereocenters. The van der Waals surface area contributed by atoms with Gasteiger partial charge in [-0.15, -0.1) is 0 Å². The zero-order valence-electron chi connectivity index (χ0n) is 29.1. The predicted molar refractivity (Wildman–Crippen MR) is 210 cm³/mol. The molecule has 7 aliphatic rings. The van der Waals surface area contributed by atoms with Gasteiger partial charge in [-0.25, -0.2) is 0 Å². The van der Waals surface area contributed by atoms with Crippen molar-refractivity contribution >= 4 is 10.8 Å². The SMILES string of the molecule is c1ccc2c(c1)Oc1ccc(-c3ccc4c(c3)C3(c5ccccc5-c5ccccc53)c3ccc5ccccc5c3-4)cc1C21C2CC3CC(C2)CC1C3. The Kier molecular flexibility index (Phi) is 5.27. The third-order valence-corrected chi connectivity index (χ3v) is 14.7. The molecule has 1 heteroatoms. The van der Waals surface area contributed by atoms with Crippen LogP contribution < -0.4 is 4.74 Å². The minimum absolute atomic E-state index is 0.0318. The molecule has 4 saturated carbocycles. The van der Waals surface area contributed by atoms with Gasteiger partial charge in [-0.3, -0.25) is 0 Å². The van der Waals surface area contributed by atoms with E-state index in [9.17, 15) is 0 Å². The van der Waals surface area contributed by atoms with Gasteiger partial charge in [0.2, 0.25) is 0 Å². The van der Waals surface area contributed by atoms with Crippen LogP contribution in [-0.4, -0.2) is 0 Å². The zero-order chi connectivity index (χ0) is 33.8. The fourth-order valence-electron chi connectivity index (χ4n) is 13.2. The van der Waals surface area contributed by atoms with Crippen LogP contribution >= 0.6 is 0 Å². The van der Waals surface area contributed by atoms with Crippen molar-refractivity contribution in [2.75, 3.05) is 0 Å². The highest BCUT2D eigenvalue weighted by Gasteiger charge is 2.61. The lowest BCUT2D eigenvalue weighted by atomic mass is 9.41. The molecule has 0 unspecified atom stereocenters. The fourth-order valence-corrected chi connectivity index (χ4v) is 13.2. The molecule has 0 saturated heterocycles. The number of ether oxygens (including phenoxy) is 1. The molecule has 2 spiro atoms. The lowest BCUT2D eigenvalue weighted by molar-refractivity contribution is -0.0452. The Morgan fingerprint density at radius 2 is 1.02 bits per heavy atom. The van der Waals surface area contributed by atoms with Gasteiger partial charge < -0.3 is 4.74 Å². The van der Waals surface area contributed by atoms with Crippen molar-refractivity contribution in [3.63, 3.8) is 0 Å². The maximum atomic E-state index is 6.81. The first kappa shape index (κ1) is 28.2. The molecule has 7 aromatic carbocycles. The van der Waals surface area contributed by atoms with Crippen LogP contribution in [0.1, 0.15) is 65.5 Å². The lowest BCUT2D eigenvalue weighted by Crippen LogP contribution is -2.56. The van der Waals surface area contributed by atoms with Gasteiger partial charge in [0.1, 0.15) is 11.5 Å². The fraction of sp³-hybridized carbons (Fsp3) is 0.216. The van der Waals surface area contributed by atoms with Crippen molar-refractivity contribution in [2.45, 2.75) is 42.9 Å². The van der Waals surface area contributed by atoms with Crippen molar-refractivity contribution in [1.82, 2.24) is 0 Å². The van der Waals surface area contributed by atoms with Crippen molar-refractivity contribution in [1.29, 1.82) is 0 Å². The molecular formula is C51H38O. The molecule has 1 nitrogen and oxygen atoms in total. The Hall–Kier alpha value is -5.40. The number of hydrogen-bond acceptors (Lipinski definition) is 1. The van der Waals surface area contributed by atoms with E-state index < -0.39 is 0 Å². The van der Waals surface area contributed by atoms with Crippen LogP contribution in [0.4, 0.5) is 0 Å². The number of hydrogen-bond donors (Lipinski definition) is 0. The third-order valence-electron chi connectivity index (χ3n) is 14.7. The molecule has 52 heavy (non-hydrogen) atoms. The molecular weight excluding hydrogens is 629 g/mol. The normalized spacial score (nSPS) is 25.7. The molecule has 7 aromatic rings. The van der Waals surface area contributed by atoms with E-state index in [0.717, 1.165) is 23.3 Å². The maximum absolute atomic E-state index is 6.81. The summed E-state index contributed by atoms with van der Waals surface area (Å²) in [7, 11) is 0. The summed E-state index contributed by atoms with van der Waals surface area (Å²) in [4.78, 5) is 0. The van der Waals surface area contributed by atoms with Gasteiger partial charge in [0.15, 0.2) is 0 Å². The summed E-state index contributed by atoms with van der Waals surface area (Å²) in [5.41, 5.74) is 16.2. The smallest absolute Gasteiger partial charge is 0.131 e. The first-order chi connectivity index (χ1) is 25.7. The second-order valence-corrected chi connectivity index (χ2v) is 16.8. The number of benzene rings is 7. The minimum atomic E-state index is -0.378. The summed E-state index contributed by atoms with van der Waals surface area (Å²) >= 11 is 0. The van der Waals surface area contributed by atoms with Crippen LogP contribution in [-0.2, 0) is 10.8 Å². The molecule has 0 N–H and O–H groups in total. The maximum Gasteiger partial charge on any atom is 0.131 e. The predicted octanol–water partition coefficient (Wildman–Crippen LogP) is 12.7. The summed E-state index contributed by atoms with van der Waals surface area (Å²) < 4.78 is 6.81. The second-order valence-electron chi connectivity index (χ2n) is 16.8. The molecule has 1 aliphatic heterocycles. The average molecular weight is 667 g/mol. The number of fused-ring (bicyclic) bond motifs is 14. The molecule has 0 radical (unpaired) electrons. The summed E-state index contributed by atoms with van der Waals surface area (Å²) in [6.45, 7) is 0. The first-order valence-electron chi connectivity index (χ1n) is 19.5. The third kappa shape index (κ3) is 3.25. The molecule has 1 heterocycles. The molecule has 14 rings (SSSR count). The van der Waals surface area contributed by atoms with E-state index in [0.29, 0.717) is 11.8 Å². The highest BCUT2D eigenvalue weighted by Crippen LogP contribution is 2.69. The molecule has 4 bridgehead atoms.